The van der Waals surface area contributed by atoms with Crippen LogP contribution in [0.4, 0.5) is 0 Å². The Kier molecular flexibility index (Phi) is 5.80. The zero-order valence-corrected chi connectivity index (χ0v) is 12.3. The number of hydrogen-bond acceptors (Lipinski definition) is 7. The Labute approximate surface area is 127 Å². The Balaban J connectivity index is 0.000000545. The van der Waals surface area contributed by atoms with Gasteiger partial charge in [0, 0.05) is 18.3 Å². The molecule has 3 rings (SSSR count). The maximum absolute atomic E-state index is 8.12. The molecular formula is C15H17N3O4. The van der Waals surface area contributed by atoms with Crippen molar-refractivity contribution in [2.45, 2.75) is 44.6 Å². The first-order valence-electron chi connectivity index (χ1n) is 7.08. The molecule has 1 aliphatic carbocycles. The van der Waals surface area contributed by atoms with Gasteiger partial charge in [0.25, 0.3) is 0 Å². The van der Waals surface area contributed by atoms with Crippen LogP contribution >= 0.6 is 0 Å². The van der Waals surface area contributed by atoms with Crippen LogP contribution in [0, 0.1) is 6.92 Å². The van der Waals surface area contributed by atoms with Gasteiger partial charge in [0.2, 0.25) is 0 Å². The number of aryl methyl sites for hydroxylation is 1. The number of hydrogen-bond donors (Lipinski definition) is 0. The molecule has 0 bridgehead atoms. The summed E-state index contributed by atoms with van der Waals surface area (Å²) < 4.78 is 11.3. The monoisotopic (exact) mass is 303 g/mol. The molecule has 2 aromatic heterocycles. The van der Waals surface area contributed by atoms with E-state index in [4.69, 9.17) is 18.7 Å². The Hall–Kier alpha value is -2.53. The summed E-state index contributed by atoms with van der Waals surface area (Å²) in [5, 5.41) is 0. The number of ether oxygens (including phenoxy) is 1. The molecule has 0 amide bonds. The van der Waals surface area contributed by atoms with Crippen LogP contribution in [0.15, 0.2) is 29.1 Å². The Morgan fingerprint density at radius 1 is 1.18 bits per heavy atom. The molecule has 0 N–H and O–H groups in total. The third kappa shape index (κ3) is 4.49. The second kappa shape index (κ2) is 8.05. The molecule has 116 valence electrons. The van der Waals surface area contributed by atoms with Gasteiger partial charge in [-0.1, -0.05) is 0 Å². The number of rotatable bonds is 3. The van der Waals surface area contributed by atoms with E-state index in [0.29, 0.717) is 11.9 Å². The minimum Gasteiger partial charge on any atom is -0.460 e. The molecule has 0 saturated heterocycles. The molecule has 1 aliphatic rings. The molecule has 7 heteroatoms. The summed E-state index contributed by atoms with van der Waals surface area (Å²) in [6.45, 7) is 1.95. The fourth-order valence-corrected chi connectivity index (χ4v) is 2.48. The Morgan fingerprint density at radius 2 is 1.82 bits per heavy atom. The lowest BCUT2D eigenvalue weighted by molar-refractivity contribution is -0.191. The van der Waals surface area contributed by atoms with E-state index in [0.717, 1.165) is 37.3 Å². The summed E-state index contributed by atoms with van der Waals surface area (Å²) in [5.41, 5.74) is 0.950. The molecule has 0 atom stereocenters. The van der Waals surface area contributed by atoms with Crippen LogP contribution in [-0.2, 0) is 9.59 Å². The van der Waals surface area contributed by atoms with Crippen LogP contribution in [-0.4, -0.2) is 27.2 Å². The SMILES string of the molecule is Cc1coc(C2CCC(Oc3ncccn3)CC2)n1.O=C=O. The normalized spacial score (nSPS) is 20.4. The van der Waals surface area contributed by atoms with Crippen LogP contribution in [0.2, 0.25) is 0 Å². The summed E-state index contributed by atoms with van der Waals surface area (Å²) in [4.78, 5) is 28.8. The van der Waals surface area contributed by atoms with E-state index in [1.807, 2.05) is 6.92 Å². The fourth-order valence-electron chi connectivity index (χ4n) is 2.48. The van der Waals surface area contributed by atoms with Crippen molar-refractivity contribution in [2.24, 2.45) is 0 Å². The predicted octanol–water partition coefficient (Wildman–Crippen LogP) is 2.29. The number of nitrogens with zero attached hydrogens (tertiary/aromatic N) is 3. The summed E-state index contributed by atoms with van der Waals surface area (Å²) in [6, 6.07) is 2.26. The van der Waals surface area contributed by atoms with Crippen LogP contribution in [0.5, 0.6) is 6.01 Å². The van der Waals surface area contributed by atoms with Gasteiger partial charge in [0.1, 0.15) is 12.4 Å². The maximum Gasteiger partial charge on any atom is 0.373 e. The van der Waals surface area contributed by atoms with Gasteiger partial charge in [0.15, 0.2) is 5.89 Å². The topological polar surface area (TPSA) is 95.2 Å². The average molecular weight is 303 g/mol. The smallest absolute Gasteiger partial charge is 0.373 e. The molecule has 0 aliphatic heterocycles. The van der Waals surface area contributed by atoms with Crippen LogP contribution in [0.1, 0.15) is 43.2 Å². The van der Waals surface area contributed by atoms with Crippen molar-refractivity contribution in [1.29, 1.82) is 0 Å². The molecule has 2 aromatic rings. The van der Waals surface area contributed by atoms with E-state index in [-0.39, 0.29) is 12.3 Å². The van der Waals surface area contributed by atoms with Gasteiger partial charge in [-0.05, 0) is 38.7 Å². The molecule has 0 aromatic carbocycles. The van der Waals surface area contributed by atoms with E-state index in [9.17, 15) is 0 Å². The lowest BCUT2D eigenvalue weighted by Gasteiger charge is -2.26. The second-order valence-corrected chi connectivity index (χ2v) is 5.03. The quantitative estimate of drug-likeness (QED) is 0.858. The molecule has 1 saturated carbocycles. The summed E-state index contributed by atoms with van der Waals surface area (Å²) >= 11 is 0. The number of aromatic nitrogens is 3. The zero-order chi connectivity index (χ0) is 15.8. The van der Waals surface area contributed by atoms with Crippen molar-refractivity contribution in [3.05, 3.63) is 36.3 Å². The van der Waals surface area contributed by atoms with Gasteiger partial charge >= 0.3 is 12.2 Å². The minimum atomic E-state index is 0.203. The number of oxazole rings is 1. The zero-order valence-electron chi connectivity index (χ0n) is 12.3. The van der Waals surface area contributed by atoms with Gasteiger partial charge in [-0.2, -0.15) is 9.59 Å². The highest BCUT2D eigenvalue weighted by Gasteiger charge is 2.26. The first kappa shape index (κ1) is 15.9. The van der Waals surface area contributed by atoms with Crippen molar-refractivity contribution in [3.63, 3.8) is 0 Å². The first-order chi connectivity index (χ1) is 10.7. The molecule has 7 nitrogen and oxygen atoms in total. The highest BCUT2D eigenvalue weighted by Crippen LogP contribution is 2.33. The van der Waals surface area contributed by atoms with Crippen molar-refractivity contribution < 1.29 is 18.7 Å². The molecule has 0 spiro atoms. The van der Waals surface area contributed by atoms with E-state index < -0.39 is 0 Å². The van der Waals surface area contributed by atoms with Crippen LogP contribution in [0.25, 0.3) is 0 Å². The largest absolute Gasteiger partial charge is 0.460 e. The van der Waals surface area contributed by atoms with Gasteiger partial charge in [-0.25, -0.2) is 15.0 Å². The van der Waals surface area contributed by atoms with Crippen molar-refractivity contribution in [1.82, 2.24) is 15.0 Å². The number of carbonyl (C=O) groups excluding carboxylic acids is 2. The highest BCUT2D eigenvalue weighted by molar-refractivity contribution is 5.20. The molecule has 1 fully saturated rings. The average Bonchev–Trinajstić information content (AvgIpc) is 2.96. The Bertz CT molecular complexity index is 600. The van der Waals surface area contributed by atoms with Gasteiger partial charge in [-0.3, -0.25) is 0 Å². The lowest BCUT2D eigenvalue weighted by atomic mass is 9.87. The van der Waals surface area contributed by atoms with E-state index in [1.165, 1.54) is 0 Å². The third-order valence-corrected chi connectivity index (χ3v) is 3.47. The van der Waals surface area contributed by atoms with Crippen LogP contribution < -0.4 is 4.74 Å². The van der Waals surface area contributed by atoms with E-state index in [1.54, 1.807) is 24.7 Å². The fraction of sp³-hybridized carbons (Fsp3) is 0.467. The standard InChI is InChI=1S/C14H17N3O2.CO2/c1-10-9-18-13(17-10)11-3-5-12(6-4-11)19-14-15-7-2-8-16-14;2-1-3/h2,7-9,11-12H,3-6H2,1H3;. The van der Waals surface area contributed by atoms with E-state index >= 15 is 0 Å². The highest BCUT2D eigenvalue weighted by atomic mass is 16.5. The predicted molar refractivity (Wildman–Crippen MR) is 73.9 cm³/mol. The van der Waals surface area contributed by atoms with Crippen molar-refractivity contribution in [3.8, 4) is 6.01 Å². The lowest BCUT2D eigenvalue weighted by Crippen LogP contribution is -2.24. The van der Waals surface area contributed by atoms with Gasteiger partial charge in [0.05, 0.1) is 5.69 Å². The maximum atomic E-state index is 8.12. The molecule has 0 radical (unpaired) electrons. The Morgan fingerprint density at radius 3 is 2.36 bits per heavy atom. The van der Waals surface area contributed by atoms with Crippen LogP contribution in [0.3, 0.4) is 0 Å². The molecule has 0 unspecified atom stereocenters. The summed E-state index contributed by atoms with van der Waals surface area (Å²) in [6.07, 6.45) is 9.63. The molecular weight excluding hydrogens is 286 g/mol. The second-order valence-electron chi connectivity index (χ2n) is 5.03. The first-order valence-corrected chi connectivity index (χ1v) is 7.08. The van der Waals surface area contributed by atoms with Crippen molar-refractivity contribution >= 4 is 6.15 Å². The van der Waals surface area contributed by atoms with E-state index in [2.05, 4.69) is 15.0 Å². The third-order valence-electron chi connectivity index (χ3n) is 3.47. The summed E-state index contributed by atoms with van der Waals surface area (Å²) in [7, 11) is 0. The van der Waals surface area contributed by atoms with Gasteiger partial charge < -0.3 is 9.15 Å². The summed E-state index contributed by atoms with van der Waals surface area (Å²) in [5.74, 6) is 1.29. The molecule has 22 heavy (non-hydrogen) atoms. The molecule has 2 heterocycles. The van der Waals surface area contributed by atoms with Gasteiger partial charge in [-0.15, -0.1) is 0 Å². The van der Waals surface area contributed by atoms with Crippen molar-refractivity contribution in [2.75, 3.05) is 0 Å². The minimum absolute atomic E-state index is 0.203.